The first-order chi connectivity index (χ1) is 15.3. The first-order valence-corrected chi connectivity index (χ1v) is 12.4. The second-order valence-corrected chi connectivity index (χ2v) is 10.3. The van der Waals surface area contributed by atoms with Gasteiger partial charge < -0.3 is 24.8 Å². The number of carbonyl (C=O) groups excluding carboxylic acids is 3. The number of ether oxygens (including phenoxy) is 2. The van der Waals surface area contributed by atoms with E-state index in [9.17, 15) is 19.5 Å². The lowest BCUT2D eigenvalue weighted by Crippen LogP contribution is -2.57. The number of unbranched alkanes of at least 4 members (excludes halogenated alkanes) is 1. The Kier molecular flexibility index (Phi) is 6.56. The Hall–Kier alpha value is -1.67. The third-order valence-corrected chi connectivity index (χ3v) is 8.36. The van der Waals surface area contributed by atoms with Crippen LogP contribution < -0.4 is 5.32 Å². The van der Waals surface area contributed by atoms with Crippen molar-refractivity contribution in [2.75, 3.05) is 19.8 Å². The summed E-state index contributed by atoms with van der Waals surface area (Å²) in [7, 11) is 0. The zero-order chi connectivity index (χ0) is 23.1. The minimum atomic E-state index is -1.01. The van der Waals surface area contributed by atoms with Gasteiger partial charge in [-0.1, -0.05) is 26.2 Å². The molecule has 0 radical (unpaired) electrons. The summed E-state index contributed by atoms with van der Waals surface area (Å²) in [5.41, 5.74) is -1.84. The molecule has 0 aromatic carbocycles. The van der Waals surface area contributed by atoms with Crippen molar-refractivity contribution in [3.05, 3.63) is 0 Å². The third-order valence-electron chi connectivity index (χ3n) is 8.36. The molecule has 8 heteroatoms. The molecule has 4 aliphatic rings. The molecule has 6 atom stereocenters. The van der Waals surface area contributed by atoms with Gasteiger partial charge in [0.25, 0.3) is 0 Å². The summed E-state index contributed by atoms with van der Waals surface area (Å²) in [4.78, 5) is 42.1. The second-order valence-electron chi connectivity index (χ2n) is 10.3. The number of carbonyl (C=O) groups is 3. The average Bonchev–Trinajstić information content (AvgIpc) is 3.26. The van der Waals surface area contributed by atoms with Crippen molar-refractivity contribution < 1.29 is 29.0 Å². The van der Waals surface area contributed by atoms with Crippen molar-refractivity contribution in [3.63, 3.8) is 0 Å². The van der Waals surface area contributed by atoms with Gasteiger partial charge in [-0.2, -0.15) is 0 Å². The summed E-state index contributed by atoms with van der Waals surface area (Å²) in [5.74, 6) is -2.18. The Bertz CT molecular complexity index is 753. The van der Waals surface area contributed by atoms with Crippen molar-refractivity contribution in [1.29, 1.82) is 0 Å². The van der Waals surface area contributed by atoms with Crippen molar-refractivity contribution in [2.45, 2.75) is 95.4 Å². The molecule has 8 nitrogen and oxygen atoms in total. The monoisotopic (exact) mass is 450 g/mol. The largest absolute Gasteiger partial charge is 0.466 e. The van der Waals surface area contributed by atoms with E-state index in [1.54, 1.807) is 11.8 Å². The highest BCUT2D eigenvalue weighted by Gasteiger charge is 2.80. The van der Waals surface area contributed by atoms with Crippen LogP contribution >= 0.6 is 0 Å². The van der Waals surface area contributed by atoms with Crippen LogP contribution in [0.25, 0.3) is 0 Å². The number of amides is 2. The predicted molar refractivity (Wildman–Crippen MR) is 116 cm³/mol. The van der Waals surface area contributed by atoms with Crippen LogP contribution in [0.5, 0.6) is 0 Å². The first kappa shape index (κ1) is 23.5. The van der Waals surface area contributed by atoms with Crippen LogP contribution in [0.3, 0.4) is 0 Å². The molecule has 0 aromatic rings. The number of hydrogen-bond acceptors (Lipinski definition) is 6. The van der Waals surface area contributed by atoms with E-state index in [-0.39, 0.29) is 37.0 Å². The zero-order valence-corrected chi connectivity index (χ0v) is 19.6. The summed E-state index contributed by atoms with van der Waals surface area (Å²) in [6, 6.07) is -0.641. The van der Waals surface area contributed by atoms with Crippen molar-refractivity contribution in [1.82, 2.24) is 10.2 Å². The van der Waals surface area contributed by atoms with Gasteiger partial charge in [-0.25, -0.2) is 0 Å². The number of esters is 1. The predicted octanol–water partition coefficient (Wildman–Crippen LogP) is 1.78. The fourth-order valence-corrected chi connectivity index (χ4v) is 6.79. The lowest BCUT2D eigenvalue weighted by Gasteiger charge is -2.36. The molecule has 1 aliphatic carbocycles. The molecule has 4 rings (SSSR count). The summed E-state index contributed by atoms with van der Waals surface area (Å²) in [6.45, 7) is 6.32. The van der Waals surface area contributed by atoms with Crippen LogP contribution in [0, 0.1) is 17.8 Å². The molecule has 3 heterocycles. The van der Waals surface area contributed by atoms with E-state index in [0.29, 0.717) is 25.8 Å². The van der Waals surface area contributed by atoms with Crippen LogP contribution in [0.1, 0.15) is 72.1 Å². The molecule has 4 fully saturated rings. The molecule has 1 saturated carbocycles. The summed E-state index contributed by atoms with van der Waals surface area (Å²) >= 11 is 0. The number of aliphatic hydroxyl groups excluding tert-OH is 1. The highest BCUT2D eigenvalue weighted by molar-refractivity contribution is 5.98. The van der Waals surface area contributed by atoms with E-state index in [4.69, 9.17) is 9.47 Å². The van der Waals surface area contributed by atoms with Gasteiger partial charge in [-0.15, -0.1) is 0 Å². The normalized spacial score (nSPS) is 38.8. The number of hydrogen-bond donors (Lipinski definition) is 2. The molecule has 3 unspecified atom stereocenters. The maximum Gasteiger partial charge on any atom is 0.312 e. The molecule has 3 saturated heterocycles. The maximum atomic E-state index is 13.7. The minimum absolute atomic E-state index is 0.0170. The number of aliphatic hydroxyl groups is 1. The van der Waals surface area contributed by atoms with E-state index >= 15 is 0 Å². The minimum Gasteiger partial charge on any atom is -0.466 e. The van der Waals surface area contributed by atoms with Crippen LogP contribution in [-0.2, 0) is 23.9 Å². The van der Waals surface area contributed by atoms with Gasteiger partial charge in [-0.3, -0.25) is 14.4 Å². The molecule has 3 aliphatic heterocycles. The Labute approximate surface area is 190 Å². The second kappa shape index (κ2) is 8.93. The fraction of sp³-hybridized carbons (Fsp3) is 0.875. The smallest absolute Gasteiger partial charge is 0.312 e. The van der Waals surface area contributed by atoms with Gasteiger partial charge in [0.15, 0.2) is 0 Å². The van der Waals surface area contributed by atoms with E-state index in [2.05, 4.69) is 5.32 Å². The maximum absolute atomic E-state index is 13.7. The Morgan fingerprint density at radius 3 is 2.62 bits per heavy atom. The third kappa shape index (κ3) is 3.54. The van der Waals surface area contributed by atoms with Gasteiger partial charge in [0, 0.05) is 19.2 Å². The van der Waals surface area contributed by atoms with Gasteiger partial charge in [0.05, 0.1) is 18.1 Å². The molecular weight excluding hydrogens is 412 g/mol. The standard InChI is InChI=1S/C24H38N2O6/c1-4-31-22(30)18-17-21(29)26(12-8-9-13-27)19(20(28)25-16-10-6-5-7-11-16)24(17)14-15(2)23(18,3)32-24/h15-19,27H,4-14H2,1-3H3,(H,25,28)/t15?,17-,18+,19?,23-,24?/m0/s1. The zero-order valence-electron chi connectivity index (χ0n) is 19.6. The summed E-state index contributed by atoms with van der Waals surface area (Å²) < 4.78 is 12.0. The fourth-order valence-electron chi connectivity index (χ4n) is 6.79. The molecule has 2 N–H and O–H groups in total. The van der Waals surface area contributed by atoms with Crippen LogP contribution in [0.4, 0.5) is 0 Å². The van der Waals surface area contributed by atoms with Gasteiger partial charge in [0.1, 0.15) is 17.6 Å². The molecule has 32 heavy (non-hydrogen) atoms. The summed E-state index contributed by atoms with van der Waals surface area (Å²) in [5, 5.41) is 12.4. The molecule has 180 valence electrons. The van der Waals surface area contributed by atoms with E-state index in [1.165, 1.54) is 6.42 Å². The van der Waals surface area contributed by atoms with Crippen LogP contribution in [0.15, 0.2) is 0 Å². The topological polar surface area (TPSA) is 105 Å². The number of fused-ring (bicyclic) bond motifs is 1. The highest BCUT2D eigenvalue weighted by atomic mass is 16.6. The molecule has 1 spiro atoms. The van der Waals surface area contributed by atoms with Crippen LogP contribution in [0.2, 0.25) is 0 Å². The molecular formula is C24H38N2O6. The van der Waals surface area contributed by atoms with E-state index in [1.807, 2.05) is 13.8 Å². The SMILES string of the molecule is CCOC(=O)[C@H]1[C@H]2C(=O)N(CCCCO)C(C(=O)NC3CCCCC3)C23CC(C)[C@]1(C)O3. The van der Waals surface area contributed by atoms with Gasteiger partial charge in [-0.05, 0) is 51.9 Å². The van der Waals surface area contributed by atoms with Gasteiger partial charge >= 0.3 is 5.97 Å². The lowest BCUT2D eigenvalue weighted by atomic mass is 9.62. The van der Waals surface area contributed by atoms with Crippen molar-refractivity contribution in [2.24, 2.45) is 17.8 Å². The molecule has 2 bridgehead atoms. The lowest BCUT2D eigenvalue weighted by molar-refractivity contribution is -0.161. The average molecular weight is 451 g/mol. The Balaban J connectivity index is 1.68. The Morgan fingerprint density at radius 1 is 1.25 bits per heavy atom. The van der Waals surface area contributed by atoms with Crippen molar-refractivity contribution in [3.8, 4) is 0 Å². The molecule has 2 amide bonds. The number of likely N-dealkylation sites (tertiary alicyclic amines) is 1. The first-order valence-electron chi connectivity index (χ1n) is 12.4. The number of nitrogens with zero attached hydrogens (tertiary/aromatic N) is 1. The number of rotatable bonds is 8. The van der Waals surface area contributed by atoms with Crippen molar-refractivity contribution >= 4 is 17.8 Å². The summed E-state index contributed by atoms with van der Waals surface area (Å²) in [6.07, 6.45) is 6.99. The van der Waals surface area contributed by atoms with Gasteiger partial charge in [0.2, 0.25) is 11.8 Å². The van der Waals surface area contributed by atoms with E-state index in [0.717, 1.165) is 25.7 Å². The van der Waals surface area contributed by atoms with E-state index < -0.39 is 35.0 Å². The highest BCUT2D eigenvalue weighted by Crippen LogP contribution is 2.65. The number of nitrogens with one attached hydrogen (secondary N) is 1. The Morgan fingerprint density at radius 2 is 1.97 bits per heavy atom. The quantitative estimate of drug-likeness (QED) is 0.431. The van der Waals surface area contributed by atoms with Crippen LogP contribution in [-0.4, -0.2) is 70.8 Å². The molecule has 0 aromatic heterocycles.